The minimum Gasteiger partial charge on any atom is -0.508 e. The van der Waals surface area contributed by atoms with Gasteiger partial charge in [-0.15, -0.1) is 0 Å². The molecule has 2 aliphatic rings. The van der Waals surface area contributed by atoms with Crippen LogP contribution in [-0.4, -0.2) is 27.9 Å². The van der Waals surface area contributed by atoms with Gasteiger partial charge in [-0.3, -0.25) is 4.39 Å². The molecule has 0 unspecified atom stereocenters. The Morgan fingerprint density at radius 3 is 2.58 bits per heavy atom. The number of ether oxygens (including phenoxy) is 1. The third kappa shape index (κ3) is 5.94. The lowest BCUT2D eigenvalue weighted by molar-refractivity contribution is 0.127. The van der Waals surface area contributed by atoms with Crippen molar-refractivity contribution >= 4 is 22.2 Å². The number of aromatic amines is 1. The van der Waals surface area contributed by atoms with Gasteiger partial charge in [-0.05, 0) is 127 Å². The molecule has 0 aliphatic heterocycles. The maximum Gasteiger partial charge on any atom is 0.137 e. The first kappa shape index (κ1) is 26.6. The lowest BCUT2D eigenvalue weighted by atomic mass is 9.84. The van der Waals surface area contributed by atoms with Crippen molar-refractivity contribution in [1.29, 1.82) is 0 Å². The lowest BCUT2D eigenvalue weighted by Gasteiger charge is -2.29. The van der Waals surface area contributed by atoms with Crippen LogP contribution < -0.4 is 4.74 Å². The van der Waals surface area contributed by atoms with Crippen molar-refractivity contribution in [1.82, 2.24) is 9.97 Å². The number of fused-ring (bicyclic) bond motifs is 2. The Labute approximate surface area is 236 Å². The molecule has 0 bridgehead atoms. The summed E-state index contributed by atoms with van der Waals surface area (Å²) in [5.74, 6) is 2.00. The average Bonchev–Trinajstić information content (AvgIpc) is 3.37. The number of hydrogen-bond acceptors (Lipinski definition) is 3. The van der Waals surface area contributed by atoms with Gasteiger partial charge < -0.3 is 14.8 Å². The van der Waals surface area contributed by atoms with Crippen LogP contribution >= 0.6 is 0 Å². The fourth-order valence-electron chi connectivity index (χ4n) is 6.63. The highest BCUT2D eigenvalue weighted by Crippen LogP contribution is 2.41. The second-order valence-corrected chi connectivity index (χ2v) is 11.5. The number of aryl methyl sites for hydroxylation is 1. The summed E-state index contributed by atoms with van der Waals surface area (Å²) < 4.78 is 18.8. The number of hydrogen-bond donors (Lipinski definition) is 2. The third-order valence-electron chi connectivity index (χ3n) is 8.77. The summed E-state index contributed by atoms with van der Waals surface area (Å²) in [4.78, 5) is 7.89. The van der Waals surface area contributed by atoms with Crippen molar-refractivity contribution in [2.45, 2.75) is 76.7 Å². The third-order valence-corrected chi connectivity index (χ3v) is 8.77. The van der Waals surface area contributed by atoms with Crippen molar-refractivity contribution in [2.24, 2.45) is 5.92 Å². The number of unbranched alkanes of at least 4 members (excludes halogenated alkanes) is 2. The van der Waals surface area contributed by atoms with Crippen LogP contribution in [0.15, 0.2) is 67.0 Å². The zero-order valence-corrected chi connectivity index (χ0v) is 23.2. The van der Waals surface area contributed by atoms with E-state index >= 15 is 0 Å². The van der Waals surface area contributed by atoms with Gasteiger partial charge in [0.1, 0.15) is 17.1 Å². The van der Waals surface area contributed by atoms with E-state index in [1.165, 1.54) is 41.5 Å². The normalized spacial score (nSPS) is 19.4. The van der Waals surface area contributed by atoms with Gasteiger partial charge in [-0.1, -0.05) is 37.5 Å². The molecule has 0 spiro atoms. The maximum absolute atomic E-state index is 12.4. The Kier molecular flexibility index (Phi) is 8.17. The van der Waals surface area contributed by atoms with Crippen LogP contribution in [0.3, 0.4) is 0 Å². The summed E-state index contributed by atoms with van der Waals surface area (Å²) in [6.45, 7) is -0.186. The van der Waals surface area contributed by atoms with Crippen molar-refractivity contribution in [3.63, 3.8) is 0 Å². The smallest absolute Gasteiger partial charge is 0.137 e. The predicted molar refractivity (Wildman–Crippen MR) is 160 cm³/mol. The number of aromatic nitrogens is 2. The number of phenols is 1. The van der Waals surface area contributed by atoms with E-state index in [4.69, 9.17) is 4.74 Å². The van der Waals surface area contributed by atoms with Gasteiger partial charge in [0, 0.05) is 17.8 Å². The number of halogens is 1. The number of benzene rings is 2. The Morgan fingerprint density at radius 1 is 0.900 bits per heavy atom. The second kappa shape index (κ2) is 12.3. The molecule has 1 saturated carbocycles. The first-order chi connectivity index (χ1) is 19.7. The maximum atomic E-state index is 12.4. The minimum atomic E-state index is -0.186. The topological polar surface area (TPSA) is 58.1 Å². The SMILES string of the molecule is Oc1ccc2c(c1)CCCC(c1cnc3[nH]ccc3c1)=C2c1ccc(OC2CCC(CCCCCF)CC2)cc1. The van der Waals surface area contributed by atoms with E-state index in [-0.39, 0.29) is 12.8 Å². The summed E-state index contributed by atoms with van der Waals surface area (Å²) in [5, 5.41) is 11.3. The highest BCUT2D eigenvalue weighted by molar-refractivity contribution is 6.00. The first-order valence-corrected chi connectivity index (χ1v) is 15.0. The number of nitrogens with one attached hydrogen (secondary N) is 1. The molecule has 2 aromatic heterocycles. The van der Waals surface area contributed by atoms with Gasteiger partial charge in [0.15, 0.2) is 0 Å². The predicted octanol–water partition coefficient (Wildman–Crippen LogP) is 9.03. The van der Waals surface area contributed by atoms with Crippen LogP contribution in [0, 0.1) is 5.92 Å². The number of phenolic OH excluding ortho intramolecular Hbond substituents is 1. The summed E-state index contributed by atoms with van der Waals surface area (Å²) in [5.41, 5.74) is 8.06. The summed E-state index contributed by atoms with van der Waals surface area (Å²) in [6, 6.07) is 18.7. The van der Waals surface area contributed by atoms with Crippen molar-refractivity contribution in [3.05, 3.63) is 89.2 Å². The van der Waals surface area contributed by atoms with E-state index in [0.29, 0.717) is 12.2 Å². The zero-order chi connectivity index (χ0) is 27.3. The molecular weight excluding hydrogens is 499 g/mol. The molecule has 4 aromatic rings. The number of alkyl halides is 1. The molecule has 2 N–H and O–H groups in total. The number of aromatic hydroxyl groups is 1. The fourth-order valence-corrected chi connectivity index (χ4v) is 6.63. The van der Waals surface area contributed by atoms with Gasteiger partial charge in [0.2, 0.25) is 0 Å². The Bertz CT molecular complexity index is 1460. The second-order valence-electron chi connectivity index (χ2n) is 11.5. The standard InChI is InChI=1S/C35H39FN2O2/c36-19-3-1-2-5-24-8-13-30(14-9-24)40-31-15-10-25(11-16-31)34-32(28-21-27-18-20-37-35(27)38-23-28)7-4-6-26-22-29(39)12-17-33(26)34/h10-12,15-18,20-24,30,39H,1-9,13-14,19H2,(H,37,38). The monoisotopic (exact) mass is 538 g/mol. The Hall–Kier alpha value is -3.60. The summed E-state index contributed by atoms with van der Waals surface area (Å²) in [6.07, 6.45) is 15.8. The van der Waals surface area contributed by atoms with Crippen LogP contribution in [0.4, 0.5) is 4.39 Å². The number of rotatable bonds is 9. The van der Waals surface area contributed by atoms with Crippen molar-refractivity contribution < 1.29 is 14.2 Å². The molecule has 5 heteroatoms. The minimum absolute atomic E-state index is 0.186. The number of nitrogens with zero attached hydrogens (tertiary/aromatic N) is 1. The van der Waals surface area contributed by atoms with E-state index in [1.807, 2.05) is 18.5 Å². The molecule has 2 aromatic carbocycles. The largest absolute Gasteiger partial charge is 0.508 e. The molecule has 1 fully saturated rings. The highest BCUT2D eigenvalue weighted by Gasteiger charge is 2.24. The van der Waals surface area contributed by atoms with E-state index in [1.54, 1.807) is 6.07 Å². The summed E-state index contributed by atoms with van der Waals surface area (Å²) in [7, 11) is 0. The highest BCUT2D eigenvalue weighted by atomic mass is 19.1. The van der Waals surface area contributed by atoms with Crippen LogP contribution in [0.1, 0.15) is 86.5 Å². The molecule has 0 radical (unpaired) electrons. The van der Waals surface area contributed by atoms with Crippen LogP contribution in [0.25, 0.3) is 22.2 Å². The van der Waals surface area contributed by atoms with Gasteiger partial charge in [-0.25, -0.2) is 4.98 Å². The molecule has 4 nitrogen and oxygen atoms in total. The van der Waals surface area contributed by atoms with Gasteiger partial charge >= 0.3 is 0 Å². The molecule has 0 saturated heterocycles. The number of H-pyrrole nitrogens is 1. The van der Waals surface area contributed by atoms with Crippen LogP contribution in [0.5, 0.6) is 11.5 Å². The van der Waals surface area contributed by atoms with Gasteiger partial charge in [0.05, 0.1) is 12.8 Å². The summed E-state index contributed by atoms with van der Waals surface area (Å²) >= 11 is 0. The Morgan fingerprint density at radius 2 is 1.75 bits per heavy atom. The van der Waals surface area contributed by atoms with Crippen LogP contribution in [-0.2, 0) is 6.42 Å². The number of pyridine rings is 1. The van der Waals surface area contributed by atoms with E-state index in [0.717, 1.165) is 78.8 Å². The van der Waals surface area contributed by atoms with Gasteiger partial charge in [-0.2, -0.15) is 0 Å². The molecule has 40 heavy (non-hydrogen) atoms. The molecule has 208 valence electrons. The van der Waals surface area contributed by atoms with E-state index in [2.05, 4.69) is 52.4 Å². The van der Waals surface area contributed by atoms with Crippen molar-refractivity contribution in [3.8, 4) is 11.5 Å². The Balaban J connectivity index is 1.24. The lowest BCUT2D eigenvalue weighted by Crippen LogP contribution is -2.24. The molecule has 2 aliphatic carbocycles. The zero-order valence-electron chi connectivity index (χ0n) is 23.2. The van der Waals surface area contributed by atoms with Gasteiger partial charge in [0.25, 0.3) is 0 Å². The molecule has 0 amide bonds. The van der Waals surface area contributed by atoms with Crippen LogP contribution in [0.2, 0.25) is 0 Å². The van der Waals surface area contributed by atoms with Crippen molar-refractivity contribution in [2.75, 3.05) is 6.67 Å². The number of allylic oxidation sites excluding steroid dienone is 1. The molecular formula is C35H39FN2O2. The molecule has 6 rings (SSSR count). The molecule has 2 heterocycles. The average molecular weight is 539 g/mol. The molecule has 0 atom stereocenters. The van der Waals surface area contributed by atoms with E-state index < -0.39 is 0 Å². The first-order valence-electron chi connectivity index (χ1n) is 15.0. The fraction of sp³-hybridized carbons (Fsp3) is 0.400. The van der Waals surface area contributed by atoms with E-state index in [9.17, 15) is 9.50 Å². The quantitative estimate of drug-likeness (QED) is 0.209.